The lowest BCUT2D eigenvalue weighted by Crippen LogP contribution is -2.41. The predicted molar refractivity (Wildman–Crippen MR) is 204 cm³/mol. The maximum Gasteiger partial charge on any atom is 0.493 e. The molecule has 4 aliphatic heterocycles. The number of rotatable bonds is 5. The Morgan fingerprint density at radius 1 is 0.818 bits per heavy atom. The normalized spacial score (nSPS) is 19.5. The number of nitrogens with two attached hydrogens (primary N) is 1. The van der Waals surface area contributed by atoms with E-state index < -0.39 is 32.3 Å². The van der Waals surface area contributed by atoms with Gasteiger partial charge in [0, 0.05) is 37.3 Å². The fourth-order valence-corrected chi connectivity index (χ4v) is 5.64. The van der Waals surface area contributed by atoms with Crippen molar-refractivity contribution in [1.82, 2.24) is 14.1 Å². The van der Waals surface area contributed by atoms with Gasteiger partial charge in [-0.2, -0.15) is 0 Å². The number of aromatic amines is 1. The van der Waals surface area contributed by atoms with Gasteiger partial charge in [-0.25, -0.2) is 0 Å². The Balaban J connectivity index is 0.000000165. The number of nitrogen functional groups attached to an aromatic ring is 1. The minimum Gasteiger partial charge on any atom is -0.502 e. The third kappa shape index (κ3) is 11.2. The molecular weight excluding hydrogens is 719 g/mol. The van der Waals surface area contributed by atoms with E-state index in [1.54, 1.807) is 29.2 Å². The Labute approximate surface area is 316 Å². The lowest BCUT2D eigenvalue weighted by atomic mass is 9.76. The highest BCUT2D eigenvalue weighted by molar-refractivity contribution is 6.54. The molecule has 0 amide bonds. The molecule has 1 unspecified atom stereocenters. The number of anilines is 1. The maximum absolute atomic E-state index is 11.7. The van der Waals surface area contributed by atoms with Gasteiger partial charge < -0.3 is 38.8 Å². The Morgan fingerprint density at radius 2 is 1.45 bits per heavy atom. The lowest BCUT2D eigenvalue weighted by Gasteiger charge is -2.32. The molecule has 55 heavy (non-hydrogen) atoms. The topological polar surface area (TPSA) is 235 Å². The van der Waals surface area contributed by atoms with Crippen molar-refractivity contribution in [2.45, 2.75) is 83.5 Å². The van der Waals surface area contributed by atoms with Crippen molar-refractivity contribution >= 4 is 29.9 Å². The van der Waals surface area contributed by atoms with E-state index in [4.69, 9.17) is 29.3 Å². The molecule has 2 saturated heterocycles. The van der Waals surface area contributed by atoms with Crippen LogP contribution >= 0.6 is 0 Å². The summed E-state index contributed by atoms with van der Waals surface area (Å²) in [5.74, 6) is 0. The first-order valence-corrected chi connectivity index (χ1v) is 17.8. The summed E-state index contributed by atoms with van der Waals surface area (Å²) in [5.41, 5.74) is 4.87. The van der Waals surface area contributed by atoms with Crippen molar-refractivity contribution in [2.75, 3.05) is 32.2 Å². The van der Waals surface area contributed by atoms with Crippen LogP contribution in [0.3, 0.4) is 0 Å². The Kier molecular flexibility index (Phi) is 14.7. The second-order valence-electron chi connectivity index (χ2n) is 13.9. The Hall–Kier alpha value is -5.53. The zero-order valence-corrected chi connectivity index (χ0v) is 31.3. The fraction of sp³-hybridized carbons (Fsp3) is 0.472. The first kappa shape index (κ1) is 42.2. The fourth-order valence-electron chi connectivity index (χ4n) is 5.64. The number of hydrogen-bond acceptors (Lipinski definition) is 13. The van der Waals surface area contributed by atoms with Crippen LogP contribution in [-0.4, -0.2) is 68.7 Å². The lowest BCUT2D eigenvalue weighted by molar-refractivity contribution is -0.386. The van der Waals surface area contributed by atoms with Gasteiger partial charge in [0.1, 0.15) is 6.26 Å². The minimum absolute atomic E-state index is 0.108. The second kappa shape index (κ2) is 19.2. The van der Waals surface area contributed by atoms with Gasteiger partial charge in [0.2, 0.25) is 0 Å². The second-order valence-corrected chi connectivity index (χ2v) is 13.9. The van der Waals surface area contributed by atoms with Gasteiger partial charge >= 0.3 is 29.6 Å². The molecule has 2 fully saturated rings. The van der Waals surface area contributed by atoms with E-state index in [0.29, 0.717) is 31.0 Å². The molecule has 3 aromatic heterocycles. The van der Waals surface area contributed by atoms with Crippen LogP contribution < -0.4 is 22.4 Å². The van der Waals surface area contributed by atoms with Crippen molar-refractivity contribution in [1.29, 1.82) is 0 Å². The first-order chi connectivity index (χ1) is 26.1. The molecule has 0 saturated carbocycles. The molecule has 0 bridgehead atoms. The standard InChI is InChI=1S/C11H19BO3.C10H10N2O4.C10H14N2O2.C5H4N2O3/c1-10(2)11(3,4)15-12(14-10)9-6-5-7-13-8-9;13-10-9(12(14)15)4-1-5-11(10)8-3-2-6-16-7-8;11-9-4-1-5-12(10(9)13)8-3-2-6-14-7-8;8-5-4(7(9)10)2-1-3-6-5/h8H,5-7H2,1-4H3;1,4-5,7H,2-3,6H2;1,4-5,8H,2-3,6-7,11H2;1-3H,(H,6,8). The van der Waals surface area contributed by atoms with Crippen LogP contribution in [0, 0.1) is 20.2 Å². The van der Waals surface area contributed by atoms with E-state index in [1.807, 2.05) is 0 Å². The molecule has 0 radical (unpaired) electrons. The molecule has 7 heterocycles. The average Bonchev–Trinajstić information content (AvgIpc) is 3.40. The Bertz CT molecular complexity index is 2020. The predicted octanol–water partition coefficient (Wildman–Crippen LogP) is 4.74. The van der Waals surface area contributed by atoms with Gasteiger partial charge in [-0.1, -0.05) is 0 Å². The number of nitrogens with one attached hydrogen (secondary N) is 1. The van der Waals surface area contributed by atoms with Gasteiger partial charge in [0.05, 0.1) is 64.6 Å². The van der Waals surface area contributed by atoms with Gasteiger partial charge in [0.15, 0.2) is 0 Å². The first-order valence-electron chi connectivity index (χ1n) is 17.8. The number of nitrogens with zero attached hydrogens (tertiary/aromatic N) is 4. The highest BCUT2D eigenvalue weighted by atomic mass is 16.7. The van der Waals surface area contributed by atoms with Crippen LogP contribution in [0.5, 0.6) is 0 Å². The van der Waals surface area contributed by atoms with Crippen LogP contribution in [0.1, 0.15) is 72.3 Å². The van der Waals surface area contributed by atoms with Crippen LogP contribution in [0.15, 0.2) is 87.4 Å². The third-order valence-electron chi connectivity index (χ3n) is 9.39. The minimum atomic E-state index is -0.723. The molecule has 3 N–H and O–H groups in total. The number of nitro groups is 2. The molecule has 1 atom stereocenters. The third-order valence-corrected chi connectivity index (χ3v) is 9.39. The van der Waals surface area contributed by atoms with Crippen molar-refractivity contribution in [3.05, 3.63) is 124 Å². The van der Waals surface area contributed by atoms with Crippen LogP contribution in [0.2, 0.25) is 0 Å². The van der Waals surface area contributed by atoms with Gasteiger partial charge in [-0.05, 0) is 96.0 Å². The average molecular weight is 767 g/mol. The van der Waals surface area contributed by atoms with E-state index in [2.05, 4.69) is 32.7 Å². The van der Waals surface area contributed by atoms with Crippen molar-refractivity contribution < 1.29 is 33.4 Å². The molecule has 0 aromatic carbocycles. The summed E-state index contributed by atoms with van der Waals surface area (Å²) >= 11 is 0. The number of hydrogen-bond donors (Lipinski definition) is 2. The van der Waals surface area contributed by atoms with Crippen LogP contribution in [0.25, 0.3) is 5.70 Å². The maximum atomic E-state index is 11.7. The van der Waals surface area contributed by atoms with Gasteiger partial charge in [-0.3, -0.25) is 39.2 Å². The zero-order chi connectivity index (χ0) is 40.2. The van der Waals surface area contributed by atoms with Crippen molar-refractivity contribution in [3.63, 3.8) is 0 Å². The molecule has 3 aromatic rings. The summed E-state index contributed by atoms with van der Waals surface area (Å²) in [6, 6.07) is 8.81. The number of allylic oxidation sites excluding steroid dienone is 2. The Morgan fingerprint density at radius 3 is 2.00 bits per heavy atom. The SMILES string of the molecule is CC1(C)OB(C2=COCCC2)OC1(C)C.Nc1cccn(C2CCCOC2)c1=O.O=c1[nH]cccc1[N+](=O)[O-].O=c1c([N+](=O)[O-])cccn1C1=COCCC1. The summed E-state index contributed by atoms with van der Waals surface area (Å²) in [7, 11) is -0.227. The summed E-state index contributed by atoms with van der Waals surface area (Å²) in [5, 5.41) is 20.6. The molecule has 4 aliphatic rings. The molecule has 19 heteroatoms. The highest BCUT2D eigenvalue weighted by Crippen LogP contribution is 2.39. The number of aromatic nitrogens is 3. The summed E-state index contributed by atoms with van der Waals surface area (Å²) < 4.78 is 30.5. The van der Waals surface area contributed by atoms with E-state index in [9.17, 15) is 34.6 Å². The van der Waals surface area contributed by atoms with E-state index >= 15 is 0 Å². The van der Waals surface area contributed by atoms with Crippen LogP contribution in [0.4, 0.5) is 17.1 Å². The smallest absolute Gasteiger partial charge is 0.493 e. The largest absolute Gasteiger partial charge is 0.502 e. The zero-order valence-electron chi connectivity index (χ0n) is 31.3. The number of pyridine rings is 3. The summed E-state index contributed by atoms with van der Waals surface area (Å²) in [6.07, 6.45) is 13.5. The monoisotopic (exact) mass is 766 g/mol. The number of ether oxygens (including phenoxy) is 3. The van der Waals surface area contributed by atoms with E-state index in [1.165, 1.54) is 41.4 Å². The van der Waals surface area contributed by atoms with Crippen LogP contribution in [-0.2, 0) is 23.5 Å². The molecule has 296 valence electrons. The van der Waals surface area contributed by atoms with Gasteiger partial charge in [-0.15, -0.1) is 0 Å². The molecule has 0 spiro atoms. The molecule has 18 nitrogen and oxygen atoms in total. The summed E-state index contributed by atoms with van der Waals surface area (Å²) in [4.78, 5) is 55.3. The van der Waals surface area contributed by atoms with E-state index in [0.717, 1.165) is 56.9 Å². The quantitative estimate of drug-likeness (QED) is 0.203. The molecule has 0 aliphatic carbocycles. The molecule has 7 rings (SSSR count). The summed E-state index contributed by atoms with van der Waals surface area (Å²) in [6.45, 7) is 11.1. The van der Waals surface area contributed by atoms with Crippen molar-refractivity contribution in [2.24, 2.45) is 0 Å². The van der Waals surface area contributed by atoms with Crippen molar-refractivity contribution in [3.8, 4) is 0 Å². The molecular formula is C36H47BN6O12. The number of H-pyrrole nitrogens is 1. The van der Waals surface area contributed by atoms with E-state index in [-0.39, 0.29) is 29.9 Å². The highest BCUT2D eigenvalue weighted by Gasteiger charge is 2.52. The van der Waals surface area contributed by atoms with Gasteiger partial charge in [0.25, 0.3) is 5.56 Å².